The number of rotatable bonds is 3. The fourth-order valence-electron chi connectivity index (χ4n) is 1.56. The summed E-state index contributed by atoms with van der Waals surface area (Å²) in [7, 11) is 0. The molecule has 92 valence electrons. The van der Waals surface area contributed by atoms with Gasteiger partial charge in [0.2, 0.25) is 0 Å². The molecular formula is C14H13FN2O. The van der Waals surface area contributed by atoms with Crippen LogP contribution in [0.4, 0.5) is 4.39 Å². The summed E-state index contributed by atoms with van der Waals surface area (Å²) in [5.74, 6) is -0.0183. The molecule has 3 N–H and O–H groups in total. The summed E-state index contributed by atoms with van der Waals surface area (Å²) in [6.45, 7) is 1.93. The van der Waals surface area contributed by atoms with E-state index in [2.05, 4.69) is 0 Å². The van der Waals surface area contributed by atoms with Crippen molar-refractivity contribution in [2.24, 2.45) is 5.73 Å². The minimum Gasteiger partial charge on any atom is -0.454 e. The molecule has 4 heteroatoms. The van der Waals surface area contributed by atoms with E-state index in [1.165, 1.54) is 12.1 Å². The molecule has 2 aromatic carbocycles. The number of hydrogen-bond donors (Lipinski definition) is 2. The number of aryl methyl sites for hydroxylation is 1. The van der Waals surface area contributed by atoms with Crippen molar-refractivity contribution in [3.8, 4) is 11.5 Å². The molecular weight excluding hydrogens is 231 g/mol. The highest BCUT2D eigenvalue weighted by molar-refractivity contribution is 5.95. The van der Waals surface area contributed by atoms with Gasteiger partial charge in [0, 0.05) is 5.56 Å². The van der Waals surface area contributed by atoms with Crippen LogP contribution in [0.1, 0.15) is 11.1 Å². The lowest BCUT2D eigenvalue weighted by Crippen LogP contribution is -2.11. The average Bonchev–Trinajstić information content (AvgIpc) is 2.31. The standard InChI is InChI=1S/C14H13FN2O/c1-9-3-2-4-11(7-9)18-13-6-5-10(14(16)17)8-12(13)15/h2-8H,1H3,(H3,16,17). The molecule has 0 bridgehead atoms. The molecule has 2 rings (SSSR count). The van der Waals surface area contributed by atoms with Crippen LogP contribution in [0.25, 0.3) is 0 Å². The highest BCUT2D eigenvalue weighted by Crippen LogP contribution is 2.25. The van der Waals surface area contributed by atoms with Gasteiger partial charge >= 0.3 is 0 Å². The molecule has 2 aromatic rings. The molecule has 0 saturated heterocycles. The zero-order chi connectivity index (χ0) is 13.1. The van der Waals surface area contributed by atoms with Crippen molar-refractivity contribution in [1.29, 1.82) is 5.41 Å². The second-order valence-electron chi connectivity index (χ2n) is 3.98. The van der Waals surface area contributed by atoms with Crippen LogP contribution >= 0.6 is 0 Å². The number of halogens is 1. The van der Waals surface area contributed by atoms with Gasteiger partial charge in [0.25, 0.3) is 0 Å². The second kappa shape index (κ2) is 4.87. The van der Waals surface area contributed by atoms with Crippen molar-refractivity contribution in [1.82, 2.24) is 0 Å². The second-order valence-corrected chi connectivity index (χ2v) is 3.98. The number of nitrogens with one attached hydrogen (secondary N) is 1. The van der Waals surface area contributed by atoms with E-state index in [0.717, 1.165) is 5.56 Å². The number of nitrogens with two attached hydrogens (primary N) is 1. The number of nitrogen functional groups attached to an aromatic ring is 1. The van der Waals surface area contributed by atoms with Gasteiger partial charge in [-0.15, -0.1) is 0 Å². The Bertz CT molecular complexity index is 596. The SMILES string of the molecule is Cc1cccc(Oc2ccc(C(=N)N)cc2F)c1. The van der Waals surface area contributed by atoms with Crippen LogP contribution in [0.15, 0.2) is 42.5 Å². The molecule has 0 aliphatic carbocycles. The van der Waals surface area contributed by atoms with E-state index in [-0.39, 0.29) is 11.6 Å². The van der Waals surface area contributed by atoms with Crippen molar-refractivity contribution >= 4 is 5.84 Å². The highest BCUT2D eigenvalue weighted by Gasteiger charge is 2.07. The van der Waals surface area contributed by atoms with Gasteiger partial charge in [-0.25, -0.2) is 4.39 Å². The Hall–Kier alpha value is -2.36. The molecule has 0 amide bonds. The maximum absolute atomic E-state index is 13.7. The van der Waals surface area contributed by atoms with Crippen molar-refractivity contribution < 1.29 is 9.13 Å². The molecule has 0 radical (unpaired) electrons. The van der Waals surface area contributed by atoms with Gasteiger partial charge < -0.3 is 10.5 Å². The van der Waals surface area contributed by atoms with E-state index in [1.54, 1.807) is 12.1 Å². The summed E-state index contributed by atoms with van der Waals surface area (Å²) < 4.78 is 19.2. The maximum atomic E-state index is 13.7. The number of hydrogen-bond acceptors (Lipinski definition) is 2. The van der Waals surface area contributed by atoms with Gasteiger partial charge in [-0.3, -0.25) is 5.41 Å². The number of benzene rings is 2. The van der Waals surface area contributed by atoms with Gasteiger partial charge in [0.15, 0.2) is 11.6 Å². The molecule has 0 aromatic heterocycles. The first-order chi connectivity index (χ1) is 8.56. The fourth-order valence-corrected chi connectivity index (χ4v) is 1.56. The molecule has 0 unspecified atom stereocenters. The van der Waals surface area contributed by atoms with Gasteiger partial charge in [0.05, 0.1) is 0 Å². The van der Waals surface area contributed by atoms with Gasteiger partial charge in [-0.1, -0.05) is 12.1 Å². The Balaban J connectivity index is 2.27. The smallest absolute Gasteiger partial charge is 0.166 e. The lowest BCUT2D eigenvalue weighted by Gasteiger charge is -2.08. The van der Waals surface area contributed by atoms with Crippen molar-refractivity contribution in [3.63, 3.8) is 0 Å². The predicted octanol–water partition coefficient (Wildman–Crippen LogP) is 3.21. The molecule has 0 atom stereocenters. The van der Waals surface area contributed by atoms with Crippen LogP contribution < -0.4 is 10.5 Å². The molecule has 3 nitrogen and oxygen atoms in total. The summed E-state index contributed by atoms with van der Waals surface area (Å²) in [6, 6.07) is 11.6. The summed E-state index contributed by atoms with van der Waals surface area (Å²) in [5, 5.41) is 7.22. The van der Waals surface area contributed by atoms with E-state index in [0.29, 0.717) is 11.3 Å². The minimum absolute atomic E-state index is 0.116. The van der Waals surface area contributed by atoms with E-state index in [1.807, 2.05) is 25.1 Å². The van der Waals surface area contributed by atoms with E-state index < -0.39 is 5.82 Å². The normalized spacial score (nSPS) is 10.1. The lowest BCUT2D eigenvalue weighted by molar-refractivity contribution is 0.442. The Kier molecular flexibility index (Phi) is 3.28. The van der Waals surface area contributed by atoms with E-state index in [4.69, 9.17) is 15.9 Å². The summed E-state index contributed by atoms with van der Waals surface area (Å²) in [5.41, 5.74) is 6.65. The average molecular weight is 244 g/mol. The Morgan fingerprint density at radius 2 is 2.00 bits per heavy atom. The van der Waals surface area contributed by atoms with Gasteiger partial charge in [0.1, 0.15) is 11.6 Å². The third-order valence-electron chi connectivity index (χ3n) is 2.46. The third kappa shape index (κ3) is 2.66. The van der Waals surface area contributed by atoms with Crippen LogP contribution in [0, 0.1) is 18.2 Å². The van der Waals surface area contributed by atoms with Gasteiger partial charge in [-0.2, -0.15) is 0 Å². The largest absolute Gasteiger partial charge is 0.454 e. The molecule has 0 fully saturated rings. The van der Waals surface area contributed by atoms with Gasteiger partial charge in [-0.05, 0) is 42.8 Å². The van der Waals surface area contributed by atoms with Crippen LogP contribution in [0.2, 0.25) is 0 Å². The Morgan fingerprint density at radius 1 is 1.22 bits per heavy atom. The summed E-state index contributed by atoms with van der Waals surface area (Å²) >= 11 is 0. The molecule has 18 heavy (non-hydrogen) atoms. The minimum atomic E-state index is -0.538. The zero-order valence-corrected chi connectivity index (χ0v) is 9.91. The van der Waals surface area contributed by atoms with Crippen molar-refractivity contribution in [2.75, 3.05) is 0 Å². The Labute approximate surface area is 105 Å². The first kappa shape index (κ1) is 12.1. The maximum Gasteiger partial charge on any atom is 0.166 e. The predicted molar refractivity (Wildman–Crippen MR) is 68.7 cm³/mol. The molecule has 0 spiro atoms. The quantitative estimate of drug-likeness (QED) is 0.643. The van der Waals surface area contributed by atoms with Crippen LogP contribution in [0.5, 0.6) is 11.5 Å². The van der Waals surface area contributed by atoms with Crippen molar-refractivity contribution in [3.05, 3.63) is 59.4 Å². The number of ether oxygens (including phenoxy) is 1. The molecule has 0 aliphatic heterocycles. The molecule has 0 aliphatic rings. The van der Waals surface area contributed by atoms with Crippen molar-refractivity contribution in [2.45, 2.75) is 6.92 Å². The third-order valence-corrected chi connectivity index (χ3v) is 2.46. The van der Waals surface area contributed by atoms with E-state index in [9.17, 15) is 4.39 Å². The van der Waals surface area contributed by atoms with Crippen LogP contribution in [-0.4, -0.2) is 5.84 Å². The Morgan fingerprint density at radius 3 is 2.61 bits per heavy atom. The lowest BCUT2D eigenvalue weighted by atomic mass is 10.2. The topological polar surface area (TPSA) is 59.1 Å². The summed E-state index contributed by atoms with van der Waals surface area (Å²) in [6.07, 6.45) is 0. The fraction of sp³-hybridized carbons (Fsp3) is 0.0714. The highest BCUT2D eigenvalue weighted by atomic mass is 19.1. The zero-order valence-electron chi connectivity index (χ0n) is 9.91. The summed E-state index contributed by atoms with van der Waals surface area (Å²) in [4.78, 5) is 0. The first-order valence-electron chi connectivity index (χ1n) is 5.45. The molecule has 0 heterocycles. The first-order valence-corrected chi connectivity index (χ1v) is 5.45. The number of amidine groups is 1. The van der Waals surface area contributed by atoms with E-state index >= 15 is 0 Å². The monoisotopic (exact) mass is 244 g/mol. The van der Waals surface area contributed by atoms with Crippen LogP contribution in [0.3, 0.4) is 0 Å². The molecule has 0 saturated carbocycles. The van der Waals surface area contributed by atoms with Crippen LogP contribution in [-0.2, 0) is 0 Å².